The van der Waals surface area contributed by atoms with Gasteiger partial charge in [-0.25, -0.2) is 14.6 Å². The maximum Gasteiger partial charge on any atom is 0.355 e. The summed E-state index contributed by atoms with van der Waals surface area (Å²) in [5, 5.41) is 50.9. The monoisotopic (exact) mass is 805 g/mol. The van der Waals surface area contributed by atoms with Gasteiger partial charge in [-0.1, -0.05) is 12.1 Å². The number of ether oxygens (including phenoxy) is 2. The van der Waals surface area contributed by atoms with Crippen molar-refractivity contribution in [2.75, 3.05) is 14.1 Å². The molecule has 0 spiro atoms. The van der Waals surface area contributed by atoms with Crippen molar-refractivity contribution < 1.29 is 43.8 Å². The van der Waals surface area contributed by atoms with E-state index in [0.29, 0.717) is 40.0 Å². The van der Waals surface area contributed by atoms with Gasteiger partial charge in [-0.05, 0) is 63.3 Å². The van der Waals surface area contributed by atoms with Crippen LogP contribution in [-0.4, -0.2) is 72.2 Å². The van der Waals surface area contributed by atoms with E-state index < -0.39 is 67.6 Å². The van der Waals surface area contributed by atoms with Crippen molar-refractivity contribution in [2.24, 2.45) is 5.16 Å². The van der Waals surface area contributed by atoms with E-state index in [0.717, 1.165) is 24.3 Å². The van der Waals surface area contributed by atoms with Crippen LogP contribution in [-0.2, 0) is 49.2 Å². The van der Waals surface area contributed by atoms with Gasteiger partial charge >= 0.3 is 11.9 Å². The molecule has 0 fully saturated rings. The summed E-state index contributed by atoms with van der Waals surface area (Å²) in [4.78, 5) is 87.0. The normalized spacial score (nSPS) is 17.1. The standard InChI is InChI=1S/C39H31N7O13/c1-5-39(28-14-31-34-19(15-43(31)36(48)27(28)17-57-38(39)50)10-23-26(16-42(3)4)32(47)9-8-29(23)40-34)58-37(49)18(2)59-41-35-24-11-20(44(51)52)6-7-22(24)33-25(35)12-21(45(53)54)13-30(33)46(55)56/h6-14,18,47H,5,15-17H2,1-4H3/b41-35-/t18-,39-/m0/s1. The van der Waals surface area contributed by atoms with Gasteiger partial charge in [0, 0.05) is 57.9 Å². The summed E-state index contributed by atoms with van der Waals surface area (Å²) in [5.74, 6) is -2.01. The lowest BCUT2D eigenvalue weighted by molar-refractivity contribution is -0.393. The number of phenolic OH excluding ortho intramolecular Hbond substituents is 1. The molecule has 59 heavy (non-hydrogen) atoms. The summed E-state index contributed by atoms with van der Waals surface area (Å²) in [6, 6.07) is 11.8. The van der Waals surface area contributed by atoms with E-state index in [1.54, 1.807) is 25.1 Å². The predicted octanol–water partition coefficient (Wildman–Crippen LogP) is 4.96. The molecule has 0 radical (unpaired) electrons. The van der Waals surface area contributed by atoms with E-state index >= 15 is 0 Å². The molecule has 0 amide bonds. The topological polar surface area (TPSA) is 262 Å². The Hall–Kier alpha value is -7.61. The van der Waals surface area contributed by atoms with Gasteiger partial charge in [0.15, 0.2) is 0 Å². The molecule has 20 nitrogen and oxygen atoms in total. The third kappa shape index (κ3) is 5.99. The third-order valence-electron chi connectivity index (χ3n) is 10.6. The number of nitro groups is 3. The predicted molar refractivity (Wildman–Crippen MR) is 205 cm³/mol. The number of rotatable bonds is 10. The first kappa shape index (κ1) is 38.3. The Morgan fingerprint density at radius 2 is 1.73 bits per heavy atom. The molecule has 5 aromatic rings. The van der Waals surface area contributed by atoms with Crippen LogP contribution in [0.15, 0.2) is 64.5 Å². The minimum absolute atomic E-state index is 0.0325. The first-order valence-corrected chi connectivity index (χ1v) is 18.0. The van der Waals surface area contributed by atoms with E-state index in [9.17, 15) is 49.8 Å². The Kier molecular flexibility index (Phi) is 8.95. The highest BCUT2D eigenvalue weighted by Crippen LogP contribution is 2.46. The molecule has 0 saturated carbocycles. The van der Waals surface area contributed by atoms with E-state index in [1.165, 1.54) is 17.6 Å². The highest BCUT2D eigenvalue weighted by molar-refractivity contribution is 6.26. The van der Waals surface area contributed by atoms with Gasteiger partial charge in [0.25, 0.3) is 22.6 Å². The van der Waals surface area contributed by atoms with E-state index in [1.807, 2.05) is 25.1 Å². The SMILES string of the molecule is CC[C@@]1(OC(=O)[C@H](C)O/N=C2/c3cc([N+](=O)[O-])ccc3-c3c2cc([N+](=O)[O-])cc3[N+](=O)[O-])C(=O)OCc2c1cc1n(c2=O)Cc2cc3c(CN(C)C)c(O)ccc3nc2-1. The number of pyridine rings is 2. The van der Waals surface area contributed by atoms with Crippen molar-refractivity contribution in [3.8, 4) is 28.3 Å². The number of carbonyl (C=O) groups is 2. The molecule has 1 aliphatic carbocycles. The third-order valence-corrected chi connectivity index (χ3v) is 10.6. The van der Waals surface area contributed by atoms with Crippen LogP contribution in [0.5, 0.6) is 5.75 Å². The lowest BCUT2D eigenvalue weighted by Crippen LogP contribution is -2.48. The number of phenols is 1. The van der Waals surface area contributed by atoms with Crippen molar-refractivity contribution in [1.82, 2.24) is 14.5 Å². The van der Waals surface area contributed by atoms with Crippen molar-refractivity contribution >= 4 is 45.6 Å². The smallest absolute Gasteiger partial charge is 0.355 e. The quantitative estimate of drug-likeness (QED) is 0.109. The van der Waals surface area contributed by atoms with Gasteiger partial charge in [-0.15, -0.1) is 0 Å². The largest absolute Gasteiger partial charge is 0.508 e. The maximum absolute atomic E-state index is 14.1. The fourth-order valence-electron chi connectivity index (χ4n) is 7.80. The van der Waals surface area contributed by atoms with Crippen molar-refractivity contribution in [1.29, 1.82) is 0 Å². The molecule has 300 valence electrons. The molecule has 2 aromatic heterocycles. The van der Waals surface area contributed by atoms with Crippen LogP contribution in [0.3, 0.4) is 0 Å². The van der Waals surface area contributed by atoms with Gasteiger partial charge < -0.3 is 28.9 Å². The Balaban J connectivity index is 1.16. The van der Waals surface area contributed by atoms with Crippen LogP contribution in [0.25, 0.3) is 33.4 Å². The first-order valence-electron chi connectivity index (χ1n) is 18.0. The molecule has 1 N–H and O–H groups in total. The number of oxime groups is 1. The Labute approximate surface area is 331 Å². The molecular weight excluding hydrogens is 774 g/mol. The summed E-state index contributed by atoms with van der Waals surface area (Å²) in [6.45, 7) is 2.93. The zero-order valence-electron chi connectivity index (χ0n) is 31.6. The van der Waals surface area contributed by atoms with E-state index in [2.05, 4.69) is 5.16 Å². The van der Waals surface area contributed by atoms with Gasteiger partial charge in [0.05, 0.1) is 55.4 Å². The number of benzene rings is 3. The lowest BCUT2D eigenvalue weighted by atomic mass is 9.85. The molecule has 4 heterocycles. The zero-order valence-corrected chi connectivity index (χ0v) is 31.6. The molecule has 3 aromatic carbocycles. The minimum atomic E-state index is -2.14. The molecule has 0 saturated heterocycles. The van der Waals surface area contributed by atoms with Gasteiger partial charge in [0.2, 0.25) is 11.7 Å². The summed E-state index contributed by atoms with van der Waals surface area (Å²) in [6.07, 6.45) is -1.81. The number of hydrogen-bond acceptors (Lipinski definition) is 16. The number of cyclic esters (lactones) is 1. The summed E-state index contributed by atoms with van der Waals surface area (Å²) < 4.78 is 12.8. The Morgan fingerprint density at radius 1 is 1.00 bits per heavy atom. The highest BCUT2D eigenvalue weighted by Gasteiger charge is 2.51. The minimum Gasteiger partial charge on any atom is -0.508 e. The van der Waals surface area contributed by atoms with E-state index in [-0.39, 0.29) is 57.8 Å². The average molecular weight is 806 g/mol. The Bertz CT molecular complexity index is 2850. The molecule has 0 unspecified atom stereocenters. The van der Waals surface area contributed by atoms with Crippen molar-refractivity contribution in [3.05, 3.63) is 129 Å². The summed E-state index contributed by atoms with van der Waals surface area (Å²) in [5.41, 5.74) is -1.97. The van der Waals surface area contributed by atoms with Crippen LogP contribution >= 0.6 is 0 Å². The zero-order chi connectivity index (χ0) is 42.2. The fourth-order valence-corrected chi connectivity index (χ4v) is 7.80. The number of carbonyl (C=O) groups excluding carboxylic acids is 2. The molecule has 3 aliphatic rings. The number of nitro benzene ring substituents is 3. The second-order valence-electron chi connectivity index (χ2n) is 14.4. The summed E-state index contributed by atoms with van der Waals surface area (Å²) in [7, 11) is 3.73. The number of nitrogens with zero attached hydrogens (tertiary/aromatic N) is 7. The van der Waals surface area contributed by atoms with Crippen LogP contribution in [0, 0.1) is 30.3 Å². The fraction of sp³-hybridized carbons (Fsp3) is 0.256. The number of esters is 2. The van der Waals surface area contributed by atoms with Crippen molar-refractivity contribution in [2.45, 2.75) is 51.7 Å². The number of hydrogen-bond donors (Lipinski definition) is 1. The highest BCUT2D eigenvalue weighted by atomic mass is 16.7. The number of non-ortho nitro benzene ring substituents is 2. The Morgan fingerprint density at radius 3 is 2.41 bits per heavy atom. The summed E-state index contributed by atoms with van der Waals surface area (Å²) >= 11 is 0. The second kappa shape index (κ2) is 13.8. The van der Waals surface area contributed by atoms with Crippen LogP contribution in [0.2, 0.25) is 0 Å². The number of aromatic hydroxyl groups is 1. The molecular formula is C39H31N7O13. The molecule has 2 atom stereocenters. The second-order valence-corrected chi connectivity index (χ2v) is 14.4. The van der Waals surface area contributed by atoms with E-state index in [4.69, 9.17) is 19.3 Å². The number of aromatic nitrogens is 2. The molecule has 20 heteroatoms. The first-order chi connectivity index (χ1) is 28.0. The van der Waals surface area contributed by atoms with Gasteiger partial charge in [0.1, 0.15) is 18.1 Å². The maximum atomic E-state index is 14.1. The van der Waals surface area contributed by atoms with Crippen LogP contribution in [0.1, 0.15) is 53.6 Å². The lowest BCUT2D eigenvalue weighted by Gasteiger charge is -2.36. The molecule has 0 bridgehead atoms. The average Bonchev–Trinajstić information content (AvgIpc) is 3.72. The van der Waals surface area contributed by atoms with Crippen LogP contribution < -0.4 is 5.56 Å². The van der Waals surface area contributed by atoms with Crippen molar-refractivity contribution in [3.63, 3.8) is 0 Å². The molecule has 8 rings (SSSR count). The molecule has 2 aliphatic heterocycles. The van der Waals surface area contributed by atoms with Gasteiger partial charge in [-0.2, -0.15) is 0 Å². The van der Waals surface area contributed by atoms with Crippen LogP contribution in [0.4, 0.5) is 17.1 Å². The number of fused-ring (bicyclic) bond motifs is 8. The van der Waals surface area contributed by atoms with Gasteiger partial charge in [-0.3, -0.25) is 35.1 Å².